The molecule has 0 aromatic heterocycles. The van der Waals surface area contributed by atoms with E-state index in [-0.39, 0.29) is 36.6 Å². The molecule has 0 fully saturated rings. The number of fused-ring (bicyclic) bond motifs is 1. The summed E-state index contributed by atoms with van der Waals surface area (Å²) < 4.78 is 15.9. The lowest BCUT2D eigenvalue weighted by molar-refractivity contribution is -0.118. The Bertz CT molecular complexity index is 1310. The highest BCUT2D eigenvalue weighted by Crippen LogP contribution is 2.39. The molecular formula is C27H34N6O5. The summed E-state index contributed by atoms with van der Waals surface area (Å²) in [6.45, 7) is 0.531. The zero-order chi connectivity index (χ0) is 27.7. The number of amides is 2. The first-order valence-corrected chi connectivity index (χ1v) is 11.9. The van der Waals surface area contributed by atoms with Crippen LogP contribution in [0, 0.1) is 0 Å². The van der Waals surface area contributed by atoms with E-state index in [1.54, 1.807) is 12.1 Å². The Balaban J connectivity index is 1.60. The molecule has 202 valence electrons. The molecule has 0 bridgehead atoms. The molecule has 2 amide bonds. The van der Waals surface area contributed by atoms with Crippen LogP contribution in [0.2, 0.25) is 0 Å². The summed E-state index contributed by atoms with van der Waals surface area (Å²) in [4.78, 5) is 25.5. The van der Waals surface area contributed by atoms with Crippen LogP contribution in [0.5, 0.6) is 17.2 Å². The number of hydrogen-bond acceptors (Lipinski definition) is 9. The van der Waals surface area contributed by atoms with Crippen molar-refractivity contribution in [2.45, 2.75) is 6.04 Å². The first-order valence-electron chi connectivity index (χ1n) is 11.9. The summed E-state index contributed by atoms with van der Waals surface area (Å²) in [6, 6.07) is 16.4. The number of nitrogens with two attached hydrogens (primary N) is 3. The van der Waals surface area contributed by atoms with Crippen molar-refractivity contribution in [3.05, 3.63) is 77.6 Å². The Morgan fingerprint density at radius 1 is 0.974 bits per heavy atom. The van der Waals surface area contributed by atoms with Crippen LogP contribution in [0.1, 0.15) is 22.0 Å². The third-order valence-corrected chi connectivity index (χ3v) is 5.91. The Morgan fingerprint density at radius 3 is 2.37 bits per heavy atom. The topological polar surface area (TPSA) is 167 Å². The number of hydrazine groups is 1. The van der Waals surface area contributed by atoms with Crippen LogP contribution >= 0.6 is 0 Å². The van der Waals surface area contributed by atoms with Crippen LogP contribution in [-0.4, -0.2) is 57.8 Å². The van der Waals surface area contributed by atoms with Crippen molar-refractivity contribution in [1.29, 1.82) is 0 Å². The number of carbonyl (C=O) groups excluding carboxylic acids is 2. The van der Waals surface area contributed by atoms with Crippen molar-refractivity contribution in [2.75, 3.05) is 41.0 Å². The number of ether oxygens (including phenoxy) is 3. The summed E-state index contributed by atoms with van der Waals surface area (Å²) in [7, 11) is 4.38. The second kappa shape index (κ2) is 13.2. The maximum Gasteiger partial charge on any atom is 0.269 e. The van der Waals surface area contributed by atoms with Gasteiger partial charge in [-0.25, -0.2) is 5.84 Å². The molecular weight excluding hydrogens is 488 g/mol. The fourth-order valence-corrected chi connectivity index (χ4v) is 4.04. The molecule has 11 heteroatoms. The molecule has 0 radical (unpaired) electrons. The maximum atomic E-state index is 12.8. The molecule has 38 heavy (non-hydrogen) atoms. The number of benzene rings is 3. The van der Waals surface area contributed by atoms with E-state index in [9.17, 15) is 9.59 Å². The minimum atomic E-state index is -0.511. The number of rotatable bonds is 12. The predicted molar refractivity (Wildman–Crippen MR) is 145 cm³/mol. The van der Waals surface area contributed by atoms with Crippen LogP contribution in [0.25, 0.3) is 10.8 Å². The Labute approximate surface area is 221 Å². The highest BCUT2D eigenvalue weighted by atomic mass is 16.5. The lowest BCUT2D eigenvalue weighted by atomic mass is 9.98. The quantitative estimate of drug-likeness (QED) is 0.134. The SMILES string of the molecule is COc1ccc(C(=O)NCCN(N)/C=C(\N)C(=O)NC(CN)c2cccc3ccccc23)c(OC)c1OC. The summed E-state index contributed by atoms with van der Waals surface area (Å²) in [5.41, 5.74) is 13.0. The molecule has 3 rings (SSSR count). The van der Waals surface area contributed by atoms with Gasteiger partial charge in [0.15, 0.2) is 11.5 Å². The number of methoxy groups -OCH3 is 3. The second-order valence-corrected chi connectivity index (χ2v) is 8.29. The van der Waals surface area contributed by atoms with Gasteiger partial charge in [0.1, 0.15) is 5.70 Å². The van der Waals surface area contributed by atoms with E-state index in [2.05, 4.69) is 10.6 Å². The van der Waals surface area contributed by atoms with Crippen LogP contribution < -0.4 is 42.2 Å². The van der Waals surface area contributed by atoms with Gasteiger partial charge in [-0.05, 0) is 28.5 Å². The standard InChI is InChI=1S/C27H34N6O5/c1-36-23-12-11-20(24(37-2)25(23)38-3)26(34)31-13-14-33(30)16-21(29)27(35)32-22(15-28)19-10-6-8-17-7-4-5-9-18(17)19/h4-12,16,22H,13-15,28-30H2,1-3H3,(H,31,34)(H,32,35)/b21-16-. The smallest absolute Gasteiger partial charge is 0.269 e. The third-order valence-electron chi connectivity index (χ3n) is 5.91. The monoisotopic (exact) mass is 522 g/mol. The Hall–Kier alpha value is -4.48. The van der Waals surface area contributed by atoms with Crippen molar-refractivity contribution in [1.82, 2.24) is 15.6 Å². The molecule has 0 aliphatic heterocycles. The molecule has 0 aliphatic carbocycles. The molecule has 3 aromatic carbocycles. The van der Waals surface area contributed by atoms with Gasteiger partial charge in [0.05, 0.1) is 39.5 Å². The predicted octanol–water partition coefficient (Wildman–Crippen LogP) is 1.39. The largest absolute Gasteiger partial charge is 0.493 e. The normalized spacial score (nSPS) is 12.0. The molecule has 1 unspecified atom stereocenters. The van der Waals surface area contributed by atoms with Crippen molar-refractivity contribution in [3.8, 4) is 17.2 Å². The van der Waals surface area contributed by atoms with E-state index in [0.717, 1.165) is 16.3 Å². The number of hydrogen-bond donors (Lipinski definition) is 5. The lowest BCUT2D eigenvalue weighted by Gasteiger charge is -2.20. The first kappa shape index (κ1) is 28.1. The number of nitrogens with one attached hydrogen (secondary N) is 2. The molecule has 0 heterocycles. The first-order chi connectivity index (χ1) is 18.3. The number of carbonyl (C=O) groups is 2. The van der Waals surface area contributed by atoms with Crippen molar-refractivity contribution in [2.24, 2.45) is 17.3 Å². The Kier molecular flexibility index (Phi) is 9.74. The zero-order valence-corrected chi connectivity index (χ0v) is 21.7. The highest BCUT2D eigenvalue weighted by Gasteiger charge is 2.21. The Morgan fingerprint density at radius 2 is 1.68 bits per heavy atom. The summed E-state index contributed by atoms with van der Waals surface area (Å²) >= 11 is 0. The second-order valence-electron chi connectivity index (χ2n) is 8.29. The van der Waals surface area contributed by atoms with Crippen LogP contribution in [-0.2, 0) is 4.79 Å². The molecule has 11 nitrogen and oxygen atoms in total. The van der Waals surface area contributed by atoms with Crippen LogP contribution in [0.15, 0.2) is 66.5 Å². The molecule has 0 spiro atoms. The van der Waals surface area contributed by atoms with Crippen molar-refractivity contribution < 1.29 is 23.8 Å². The fraction of sp³-hybridized carbons (Fsp3) is 0.259. The van der Waals surface area contributed by atoms with E-state index >= 15 is 0 Å². The van der Waals surface area contributed by atoms with E-state index < -0.39 is 17.9 Å². The average Bonchev–Trinajstić information content (AvgIpc) is 2.94. The summed E-state index contributed by atoms with van der Waals surface area (Å²) in [5, 5.41) is 8.87. The van der Waals surface area contributed by atoms with Gasteiger partial charge in [-0.2, -0.15) is 0 Å². The van der Waals surface area contributed by atoms with Crippen molar-refractivity contribution in [3.63, 3.8) is 0 Å². The van der Waals surface area contributed by atoms with E-state index in [1.807, 2.05) is 42.5 Å². The van der Waals surface area contributed by atoms with E-state index in [4.69, 9.17) is 31.5 Å². The van der Waals surface area contributed by atoms with Gasteiger partial charge in [-0.3, -0.25) is 9.59 Å². The van der Waals surface area contributed by atoms with Gasteiger partial charge >= 0.3 is 0 Å². The minimum Gasteiger partial charge on any atom is -0.493 e. The summed E-state index contributed by atoms with van der Waals surface area (Å²) in [5.74, 6) is 6.07. The molecule has 1 atom stereocenters. The highest BCUT2D eigenvalue weighted by molar-refractivity contribution is 5.98. The zero-order valence-electron chi connectivity index (χ0n) is 21.7. The van der Waals surface area contributed by atoms with Gasteiger partial charge < -0.3 is 41.3 Å². The van der Waals surface area contributed by atoms with Gasteiger partial charge in [0, 0.05) is 19.3 Å². The minimum absolute atomic E-state index is 0.0981. The maximum absolute atomic E-state index is 12.8. The van der Waals surface area contributed by atoms with Gasteiger partial charge in [-0.15, -0.1) is 0 Å². The van der Waals surface area contributed by atoms with Crippen LogP contribution in [0.4, 0.5) is 0 Å². The van der Waals surface area contributed by atoms with Crippen molar-refractivity contribution >= 4 is 22.6 Å². The number of nitrogens with zero attached hydrogens (tertiary/aromatic N) is 1. The van der Waals surface area contributed by atoms with Gasteiger partial charge in [-0.1, -0.05) is 42.5 Å². The van der Waals surface area contributed by atoms with Crippen LogP contribution in [0.3, 0.4) is 0 Å². The molecule has 0 saturated carbocycles. The molecule has 8 N–H and O–H groups in total. The van der Waals surface area contributed by atoms with Gasteiger partial charge in [0.25, 0.3) is 11.8 Å². The van der Waals surface area contributed by atoms with Gasteiger partial charge in [0.2, 0.25) is 5.75 Å². The molecule has 3 aromatic rings. The molecule has 0 aliphatic rings. The molecule has 0 saturated heterocycles. The summed E-state index contributed by atoms with van der Waals surface area (Å²) in [6.07, 6.45) is 1.30. The van der Waals surface area contributed by atoms with E-state index in [0.29, 0.717) is 11.5 Å². The third kappa shape index (κ3) is 6.44. The average molecular weight is 523 g/mol. The lowest BCUT2D eigenvalue weighted by Crippen LogP contribution is -2.39. The fourth-order valence-electron chi connectivity index (χ4n) is 4.04. The van der Waals surface area contributed by atoms with E-state index in [1.165, 1.54) is 32.5 Å².